The van der Waals surface area contributed by atoms with Gasteiger partial charge < -0.3 is 19.9 Å². The van der Waals surface area contributed by atoms with Crippen LogP contribution in [-0.4, -0.2) is 44.0 Å². The number of esters is 1. The number of carbonyl (C=O) groups excluding carboxylic acids is 2. The number of phenols is 1. The minimum Gasteiger partial charge on any atom is -0.507 e. The lowest BCUT2D eigenvalue weighted by Gasteiger charge is -2.10. The Morgan fingerprint density at radius 3 is 2.56 bits per heavy atom. The minimum absolute atomic E-state index is 0.00649. The number of phenolic OH excluding ortho intramolecular Hbond substituents is 1. The van der Waals surface area contributed by atoms with Gasteiger partial charge in [0.2, 0.25) is 0 Å². The fraction of sp³-hybridized carbons (Fsp3) is 0.100. The van der Waals surface area contributed by atoms with Crippen LogP contribution >= 0.6 is 11.3 Å². The Balaban J connectivity index is 1.63. The molecule has 0 bridgehead atoms. The van der Waals surface area contributed by atoms with Gasteiger partial charge in [-0.1, -0.05) is 6.07 Å². The van der Waals surface area contributed by atoms with Crippen molar-refractivity contribution in [3.63, 3.8) is 0 Å². The highest BCUT2D eigenvalue weighted by Gasteiger charge is 2.20. The number of sulfonamides is 1. The zero-order valence-electron chi connectivity index (χ0n) is 17.4. The van der Waals surface area contributed by atoms with Crippen LogP contribution in [0.5, 0.6) is 11.5 Å². The summed E-state index contributed by atoms with van der Waals surface area (Å²) < 4.78 is 36.6. The molecule has 3 aromatic rings. The number of nitrogens with zero attached hydrogens (tertiary/aromatic N) is 1. The van der Waals surface area contributed by atoms with E-state index in [4.69, 9.17) is 9.47 Å². The number of carbonyl (C=O) groups is 2. The number of nitrogens with one attached hydrogen (secondary N) is 2. The summed E-state index contributed by atoms with van der Waals surface area (Å²) in [6.45, 7) is -0.797. The first kappa shape index (κ1) is 24.5. The number of methoxy groups -OCH3 is 1. The Bertz CT molecular complexity index is 1340. The van der Waals surface area contributed by atoms with Crippen molar-refractivity contribution in [2.45, 2.75) is 4.21 Å². The third-order valence-corrected chi connectivity index (χ3v) is 7.02. The van der Waals surface area contributed by atoms with Gasteiger partial charge in [0.05, 0.1) is 23.8 Å². The van der Waals surface area contributed by atoms with Crippen molar-refractivity contribution in [3.8, 4) is 11.5 Å². The minimum atomic E-state index is -3.85. The van der Waals surface area contributed by atoms with Crippen LogP contribution in [0.3, 0.4) is 0 Å². The number of aromatic hydroxyl groups is 1. The Morgan fingerprint density at radius 1 is 1.18 bits per heavy atom. The first-order valence-corrected chi connectivity index (χ1v) is 11.7. The Morgan fingerprint density at radius 2 is 1.94 bits per heavy atom. The number of hydrogen-bond donors (Lipinski definition) is 3. The molecule has 1 amide bonds. The molecule has 1 heterocycles. The Labute approximate surface area is 197 Å². The normalized spacial score (nSPS) is 10.9. The molecule has 0 aliphatic carbocycles. The van der Waals surface area contributed by atoms with Gasteiger partial charge in [0, 0.05) is 6.07 Å². The first-order valence-electron chi connectivity index (χ1n) is 9.29. The lowest BCUT2D eigenvalue weighted by atomic mass is 10.2. The lowest BCUT2D eigenvalue weighted by Crippen LogP contribution is -2.21. The van der Waals surface area contributed by atoms with Gasteiger partial charge in [-0.05, 0) is 35.7 Å². The molecule has 0 atom stereocenters. The van der Waals surface area contributed by atoms with Gasteiger partial charge in [0.25, 0.3) is 21.6 Å². The summed E-state index contributed by atoms with van der Waals surface area (Å²) in [5.41, 5.74) is -0.858. The molecule has 178 valence electrons. The molecule has 14 heteroatoms. The topological polar surface area (TPSA) is 174 Å². The molecule has 0 saturated heterocycles. The van der Waals surface area contributed by atoms with Gasteiger partial charge in [-0.25, -0.2) is 13.2 Å². The summed E-state index contributed by atoms with van der Waals surface area (Å²) in [4.78, 5) is 34.8. The average molecular weight is 508 g/mol. The average Bonchev–Trinajstić information content (AvgIpc) is 3.33. The van der Waals surface area contributed by atoms with Crippen LogP contribution in [0.1, 0.15) is 10.4 Å². The van der Waals surface area contributed by atoms with Crippen LogP contribution in [0.25, 0.3) is 0 Å². The van der Waals surface area contributed by atoms with E-state index in [-0.39, 0.29) is 26.9 Å². The van der Waals surface area contributed by atoms with Crippen molar-refractivity contribution in [1.82, 2.24) is 0 Å². The summed E-state index contributed by atoms with van der Waals surface area (Å²) in [7, 11) is -2.52. The highest BCUT2D eigenvalue weighted by atomic mass is 32.2. The van der Waals surface area contributed by atoms with Crippen molar-refractivity contribution in [2.75, 3.05) is 23.8 Å². The summed E-state index contributed by atoms with van der Waals surface area (Å²) >= 11 is 1.01. The fourth-order valence-corrected chi connectivity index (χ4v) is 4.72. The molecule has 0 unspecified atom stereocenters. The first-order chi connectivity index (χ1) is 16.1. The van der Waals surface area contributed by atoms with E-state index >= 15 is 0 Å². The molecule has 0 aliphatic heterocycles. The van der Waals surface area contributed by atoms with Gasteiger partial charge in [0.1, 0.15) is 27.0 Å². The number of thiophene rings is 1. The maximum atomic E-state index is 12.3. The Kier molecular flexibility index (Phi) is 7.33. The predicted octanol–water partition coefficient (Wildman–Crippen LogP) is 2.97. The number of ether oxygens (including phenoxy) is 2. The largest absolute Gasteiger partial charge is 0.507 e. The fourth-order valence-electron chi connectivity index (χ4n) is 2.68. The van der Waals surface area contributed by atoms with Gasteiger partial charge in [-0.15, -0.1) is 11.3 Å². The molecular weight excluding hydrogens is 490 g/mol. The number of nitro benzene ring substituents is 1. The van der Waals surface area contributed by atoms with E-state index in [1.54, 1.807) is 11.4 Å². The molecule has 0 spiro atoms. The third-order valence-electron chi connectivity index (χ3n) is 4.24. The summed E-state index contributed by atoms with van der Waals surface area (Å²) in [5.74, 6) is -2.29. The van der Waals surface area contributed by atoms with Gasteiger partial charge in [-0.3, -0.25) is 19.6 Å². The number of rotatable bonds is 9. The molecule has 2 aromatic carbocycles. The van der Waals surface area contributed by atoms with E-state index in [1.165, 1.54) is 31.4 Å². The second-order valence-corrected chi connectivity index (χ2v) is 9.39. The van der Waals surface area contributed by atoms with E-state index in [9.17, 15) is 33.2 Å². The lowest BCUT2D eigenvalue weighted by molar-refractivity contribution is -0.384. The van der Waals surface area contributed by atoms with Crippen LogP contribution in [0, 0.1) is 10.1 Å². The van der Waals surface area contributed by atoms with Crippen molar-refractivity contribution >= 4 is 50.3 Å². The smallest absolute Gasteiger partial charge is 0.342 e. The Hall–Kier alpha value is -4.17. The zero-order valence-corrected chi connectivity index (χ0v) is 19.0. The maximum absolute atomic E-state index is 12.3. The van der Waals surface area contributed by atoms with E-state index in [1.807, 2.05) is 0 Å². The van der Waals surface area contributed by atoms with Crippen LogP contribution in [-0.2, 0) is 19.6 Å². The number of anilines is 2. The molecule has 0 radical (unpaired) electrons. The van der Waals surface area contributed by atoms with Gasteiger partial charge >= 0.3 is 5.97 Å². The van der Waals surface area contributed by atoms with Crippen molar-refractivity contribution in [3.05, 3.63) is 69.6 Å². The quantitative estimate of drug-likeness (QED) is 0.223. The van der Waals surface area contributed by atoms with Crippen molar-refractivity contribution in [2.24, 2.45) is 0 Å². The third kappa shape index (κ3) is 5.79. The molecular formula is C20H17N3O9S2. The molecule has 0 fully saturated rings. The van der Waals surface area contributed by atoms with E-state index < -0.39 is 44.9 Å². The van der Waals surface area contributed by atoms with Crippen LogP contribution in [0.15, 0.2) is 58.1 Å². The zero-order chi connectivity index (χ0) is 24.9. The number of benzene rings is 2. The summed E-state index contributed by atoms with van der Waals surface area (Å²) in [5, 5.41) is 25.2. The second kappa shape index (κ2) is 10.2. The van der Waals surface area contributed by atoms with Crippen LogP contribution in [0.2, 0.25) is 0 Å². The van der Waals surface area contributed by atoms with E-state index in [0.717, 1.165) is 29.5 Å². The highest BCUT2D eigenvalue weighted by Crippen LogP contribution is 2.29. The standard InChI is InChI=1S/C20H17N3O9S2/c1-31-13-5-7-15(16(10-13)23(27)28)21-18(25)11-32-20(26)14-6-4-12(9-17(14)24)22-34(29,30)19-3-2-8-33-19/h2-10,22,24H,11H2,1H3,(H,21,25). The highest BCUT2D eigenvalue weighted by molar-refractivity contribution is 7.94. The van der Waals surface area contributed by atoms with Gasteiger partial charge in [-0.2, -0.15) is 0 Å². The van der Waals surface area contributed by atoms with E-state index in [0.29, 0.717) is 0 Å². The second-order valence-electron chi connectivity index (χ2n) is 6.53. The van der Waals surface area contributed by atoms with Crippen molar-refractivity contribution in [1.29, 1.82) is 0 Å². The SMILES string of the molecule is COc1ccc(NC(=O)COC(=O)c2ccc(NS(=O)(=O)c3cccs3)cc2O)c([N+](=O)[O-])c1. The van der Waals surface area contributed by atoms with Crippen LogP contribution < -0.4 is 14.8 Å². The molecule has 34 heavy (non-hydrogen) atoms. The van der Waals surface area contributed by atoms with Gasteiger partial charge in [0.15, 0.2) is 6.61 Å². The van der Waals surface area contributed by atoms with Crippen LogP contribution in [0.4, 0.5) is 17.1 Å². The number of hydrogen-bond acceptors (Lipinski definition) is 10. The van der Waals surface area contributed by atoms with Crippen molar-refractivity contribution < 1.29 is 37.5 Å². The molecule has 1 aromatic heterocycles. The molecule has 12 nitrogen and oxygen atoms in total. The molecule has 0 aliphatic rings. The monoisotopic (exact) mass is 507 g/mol. The van der Waals surface area contributed by atoms with E-state index in [2.05, 4.69) is 10.0 Å². The number of amides is 1. The summed E-state index contributed by atoms with van der Waals surface area (Å²) in [6.07, 6.45) is 0. The predicted molar refractivity (Wildman–Crippen MR) is 122 cm³/mol. The number of nitro groups is 1. The summed E-state index contributed by atoms with van der Waals surface area (Å²) in [6, 6.07) is 10.1. The molecule has 0 saturated carbocycles. The molecule has 3 rings (SSSR count). The molecule has 3 N–H and O–H groups in total. The maximum Gasteiger partial charge on any atom is 0.342 e.